The summed E-state index contributed by atoms with van der Waals surface area (Å²) in [5, 5.41) is 17.4. The number of carbonyl (C=O) groups excluding carboxylic acids is 1. The van der Waals surface area contributed by atoms with Gasteiger partial charge in [-0.2, -0.15) is 4.98 Å². The van der Waals surface area contributed by atoms with E-state index < -0.39 is 10.9 Å². The molecule has 0 aliphatic carbocycles. The zero-order chi connectivity index (χ0) is 15.4. The first-order valence-corrected chi connectivity index (χ1v) is 5.77. The predicted molar refractivity (Wildman–Crippen MR) is 68.6 cm³/mol. The van der Waals surface area contributed by atoms with Crippen molar-refractivity contribution in [1.29, 1.82) is 0 Å². The van der Waals surface area contributed by atoms with Gasteiger partial charge in [0, 0.05) is 19.2 Å². The average Bonchev–Trinajstić information content (AvgIpc) is 2.89. The minimum Gasteiger partial charge on any atom is -0.465 e. The summed E-state index contributed by atoms with van der Waals surface area (Å²) in [6.07, 6.45) is 1.18. The summed E-state index contributed by atoms with van der Waals surface area (Å²) < 4.78 is 9.27. The van der Waals surface area contributed by atoms with Crippen LogP contribution < -0.4 is 5.32 Å². The topological polar surface area (TPSA) is 133 Å². The van der Waals surface area contributed by atoms with Gasteiger partial charge in [0.25, 0.3) is 0 Å². The third kappa shape index (κ3) is 3.29. The van der Waals surface area contributed by atoms with Gasteiger partial charge in [-0.1, -0.05) is 5.16 Å². The van der Waals surface area contributed by atoms with E-state index in [9.17, 15) is 14.9 Å². The number of hydrogen-bond acceptors (Lipinski definition) is 9. The molecule has 0 saturated carbocycles. The van der Waals surface area contributed by atoms with E-state index in [2.05, 4.69) is 25.2 Å². The predicted octanol–water partition coefficient (Wildman–Crippen LogP) is 1.08. The first-order valence-electron chi connectivity index (χ1n) is 5.77. The number of nitro groups is 1. The Balaban J connectivity index is 2.22. The van der Waals surface area contributed by atoms with Crippen molar-refractivity contribution in [3.8, 4) is 0 Å². The van der Waals surface area contributed by atoms with Crippen LogP contribution in [0, 0.1) is 17.0 Å². The first-order chi connectivity index (χ1) is 10.0. The summed E-state index contributed by atoms with van der Waals surface area (Å²) in [5.74, 6) is 0.0111. The lowest BCUT2D eigenvalue weighted by atomic mass is 10.2. The Labute approximate surface area is 118 Å². The fourth-order valence-corrected chi connectivity index (χ4v) is 1.53. The number of nitrogens with one attached hydrogen (secondary N) is 1. The van der Waals surface area contributed by atoms with E-state index in [0.29, 0.717) is 11.7 Å². The zero-order valence-corrected chi connectivity index (χ0v) is 11.2. The van der Waals surface area contributed by atoms with Gasteiger partial charge in [0.15, 0.2) is 5.82 Å². The van der Waals surface area contributed by atoms with E-state index in [1.165, 1.54) is 13.3 Å². The summed E-state index contributed by atoms with van der Waals surface area (Å²) in [7, 11) is 1.18. The fourth-order valence-electron chi connectivity index (χ4n) is 1.53. The van der Waals surface area contributed by atoms with Gasteiger partial charge in [-0.25, -0.2) is 9.78 Å². The quantitative estimate of drug-likeness (QED) is 0.488. The van der Waals surface area contributed by atoms with E-state index >= 15 is 0 Å². The Morgan fingerprint density at radius 3 is 2.90 bits per heavy atom. The minimum absolute atomic E-state index is 0.00453. The van der Waals surface area contributed by atoms with Crippen LogP contribution in [0.25, 0.3) is 0 Å². The molecule has 10 heteroatoms. The molecule has 2 aromatic rings. The van der Waals surface area contributed by atoms with Gasteiger partial charge < -0.3 is 14.6 Å². The van der Waals surface area contributed by atoms with Crippen molar-refractivity contribution in [1.82, 2.24) is 15.1 Å². The molecule has 0 radical (unpaired) electrons. The molecule has 10 nitrogen and oxygen atoms in total. The van der Waals surface area contributed by atoms with Crippen molar-refractivity contribution < 1.29 is 19.0 Å². The third-order valence-corrected chi connectivity index (χ3v) is 2.47. The SMILES string of the molecule is COC(=O)c1cnc(NCc2noc(C)n2)c([N+](=O)[O-])c1. The summed E-state index contributed by atoms with van der Waals surface area (Å²) in [6, 6.07) is 1.09. The van der Waals surface area contributed by atoms with Gasteiger partial charge in [0.2, 0.25) is 11.7 Å². The van der Waals surface area contributed by atoms with Gasteiger partial charge in [-0.05, 0) is 0 Å². The number of carbonyl (C=O) groups is 1. The van der Waals surface area contributed by atoms with Gasteiger partial charge in [-0.3, -0.25) is 10.1 Å². The van der Waals surface area contributed by atoms with Crippen LogP contribution in [-0.2, 0) is 11.3 Å². The van der Waals surface area contributed by atoms with Gasteiger partial charge in [-0.15, -0.1) is 0 Å². The van der Waals surface area contributed by atoms with Crippen molar-refractivity contribution in [2.45, 2.75) is 13.5 Å². The van der Waals surface area contributed by atoms with Crippen LogP contribution in [0.1, 0.15) is 22.1 Å². The molecule has 21 heavy (non-hydrogen) atoms. The number of ether oxygens (including phenoxy) is 1. The molecule has 0 spiro atoms. The number of hydrogen-bond donors (Lipinski definition) is 1. The molecule has 0 saturated heterocycles. The van der Waals surface area contributed by atoms with Crippen molar-refractivity contribution in [3.63, 3.8) is 0 Å². The molecule has 0 aliphatic rings. The number of methoxy groups -OCH3 is 1. The second-order valence-electron chi connectivity index (χ2n) is 3.92. The van der Waals surface area contributed by atoms with Crippen LogP contribution in [0.3, 0.4) is 0 Å². The van der Waals surface area contributed by atoms with Gasteiger partial charge in [0.1, 0.15) is 0 Å². The molecule has 0 aromatic carbocycles. The standard InChI is InChI=1S/C11H11N5O5/c1-6-14-9(15-21-6)5-13-10-8(16(18)19)3-7(4-12-10)11(17)20-2/h3-4H,5H2,1-2H3,(H,12,13). The monoisotopic (exact) mass is 293 g/mol. The van der Waals surface area contributed by atoms with Crippen LogP contribution >= 0.6 is 0 Å². The summed E-state index contributed by atoms with van der Waals surface area (Å²) in [4.78, 5) is 29.5. The molecule has 110 valence electrons. The largest absolute Gasteiger partial charge is 0.465 e. The minimum atomic E-state index is -0.703. The van der Waals surface area contributed by atoms with Crippen LogP contribution in [0.2, 0.25) is 0 Å². The smallest absolute Gasteiger partial charge is 0.339 e. The maximum Gasteiger partial charge on any atom is 0.339 e. The summed E-state index contributed by atoms with van der Waals surface area (Å²) in [5.41, 5.74) is -0.358. The second kappa shape index (κ2) is 5.94. The molecule has 2 rings (SSSR count). The van der Waals surface area contributed by atoms with Crippen LogP contribution in [0.15, 0.2) is 16.8 Å². The number of anilines is 1. The van der Waals surface area contributed by atoms with E-state index in [-0.39, 0.29) is 23.6 Å². The van der Waals surface area contributed by atoms with Gasteiger partial charge in [0.05, 0.1) is 24.1 Å². The Morgan fingerprint density at radius 1 is 1.57 bits per heavy atom. The lowest BCUT2D eigenvalue weighted by Gasteiger charge is -2.05. The van der Waals surface area contributed by atoms with E-state index in [4.69, 9.17) is 4.52 Å². The molecule has 0 fully saturated rings. The molecule has 2 aromatic heterocycles. The maximum absolute atomic E-state index is 11.3. The van der Waals surface area contributed by atoms with Crippen molar-refractivity contribution >= 4 is 17.5 Å². The Hall–Kier alpha value is -3.04. The average molecular weight is 293 g/mol. The highest BCUT2D eigenvalue weighted by molar-refractivity contribution is 5.90. The Bertz CT molecular complexity index is 683. The number of esters is 1. The molecule has 0 amide bonds. The zero-order valence-electron chi connectivity index (χ0n) is 11.2. The molecule has 0 bridgehead atoms. The molecule has 0 aliphatic heterocycles. The number of aromatic nitrogens is 3. The number of aryl methyl sites for hydroxylation is 1. The summed E-state index contributed by atoms with van der Waals surface area (Å²) in [6.45, 7) is 1.73. The second-order valence-corrected chi connectivity index (χ2v) is 3.92. The van der Waals surface area contributed by atoms with Crippen LogP contribution in [-0.4, -0.2) is 33.1 Å². The number of rotatable bonds is 5. The van der Waals surface area contributed by atoms with Crippen molar-refractivity contribution in [2.24, 2.45) is 0 Å². The normalized spacial score (nSPS) is 10.2. The highest BCUT2D eigenvalue weighted by Gasteiger charge is 2.19. The number of nitrogens with zero attached hydrogens (tertiary/aromatic N) is 4. The highest BCUT2D eigenvalue weighted by atomic mass is 16.6. The first kappa shape index (κ1) is 14.4. The molecule has 2 heterocycles. The Morgan fingerprint density at radius 2 is 2.33 bits per heavy atom. The highest BCUT2D eigenvalue weighted by Crippen LogP contribution is 2.23. The molecule has 0 unspecified atom stereocenters. The van der Waals surface area contributed by atoms with Crippen molar-refractivity contribution in [2.75, 3.05) is 12.4 Å². The third-order valence-electron chi connectivity index (χ3n) is 2.47. The lowest BCUT2D eigenvalue weighted by molar-refractivity contribution is -0.384. The van der Waals surface area contributed by atoms with E-state index in [1.54, 1.807) is 6.92 Å². The lowest BCUT2D eigenvalue weighted by Crippen LogP contribution is -2.08. The van der Waals surface area contributed by atoms with Crippen molar-refractivity contribution in [3.05, 3.63) is 39.7 Å². The van der Waals surface area contributed by atoms with Gasteiger partial charge >= 0.3 is 11.7 Å². The molecule has 0 atom stereocenters. The molecular formula is C11H11N5O5. The number of pyridine rings is 1. The van der Waals surface area contributed by atoms with Crippen LogP contribution in [0.4, 0.5) is 11.5 Å². The summed E-state index contributed by atoms with van der Waals surface area (Å²) >= 11 is 0. The van der Waals surface area contributed by atoms with E-state index in [1.807, 2.05) is 0 Å². The fraction of sp³-hybridized carbons (Fsp3) is 0.273. The molecular weight excluding hydrogens is 282 g/mol. The van der Waals surface area contributed by atoms with E-state index in [0.717, 1.165) is 6.07 Å². The maximum atomic E-state index is 11.3. The Kier molecular flexibility index (Phi) is 4.07. The molecule has 1 N–H and O–H groups in total. The van der Waals surface area contributed by atoms with Crippen LogP contribution in [0.5, 0.6) is 0 Å².